The van der Waals surface area contributed by atoms with Crippen LogP contribution in [0.15, 0.2) is 6.33 Å². The summed E-state index contributed by atoms with van der Waals surface area (Å²) in [5.74, 6) is 1.69. The molecule has 102 valence electrons. The predicted molar refractivity (Wildman–Crippen MR) is 70.4 cm³/mol. The molecule has 0 aliphatic carbocycles. The molecule has 0 radical (unpaired) electrons. The maximum absolute atomic E-state index is 5.51. The molecular weight excluding hydrogens is 228 g/mol. The van der Waals surface area contributed by atoms with Gasteiger partial charge in [-0.15, -0.1) is 0 Å². The lowest BCUT2D eigenvalue weighted by Crippen LogP contribution is -2.39. The van der Waals surface area contributed by atoms with Gasteiger partial charge in [0.25, 0.3) is 0 Å². The van der Waals surface area contributed by atoms with Crippen LogP contribution in [0.4, 0.5) is 0 Å². The third kappa shape index (κ3) is 3.29. The smallest absolute Gasteiger partial charge is 0.138 e. The second-order valence-electron chi connectivity index (χ2n) is 4.88. The molecular formula is C13H24N4O. The van der Waals surface area contributed by atoms with Gasteiger partial charge in [0.2, 0.25) is 0 Å². The quantitative estimate of drug-likeness (QED) is 0.793. The van der Waals surface area contributed by atoms with Crippen molar-refractivity contribution in [1.82, 2.24) is 20.1 Å². The third-order valence-electron chi connectivity index (χ3n) is 3.59. The molecule has 2 heterocycles. The lowest BCUT2D eigenvalue weighted by molar-refractivity contribution is 0.176. The molecule has 0 saturated carbocycles. The first-order valence-corrected chi connectivity index (χ1v) is 7.03. The minimum absolute atomic E-state index is 0.460. The highest BCUT2D eigenvalue weighted by Crippen LogP contribution is 2.19. The molecule has 2 rings (SSSR count). The zero-order chi connectivity index (χ0) is 12.8. The number of hydrogen-bond donors (Lipinski definition) is 1. The first-order valence-electron chi connectivity index (χ1n) is 7.03. The van der Waals surface area contributed by atoms with Gasteiger partial charge in [-0.1, -0.05) is 6.92 Å². The second-order valence-corrected chi connectivity index (χ2v) is 4.88. The van der Waals surface area contributed by atoms with Crippen molar-refractivity contribution in [3.63, 3.8) is 0 Å². The van der Waals surface area contributed by atoms with Gasteiger partial charge in [-0.2, -0.15) is 5.10 Å². The van der Waals surface area contributed by atoms with Gasteiger partial charge in [0.1, 0.15) is 12.2 Å². The Hall–Kier alpha value is -0.940. The van der Waals surface area contributed by atoms with Crippen LogP contribution < -0.4 is 5.32 Å². The minimum Gasteiger partial charge on any atom is -0.381 e. The van der Waals surface area contributed by atoms with Crippen molar-refractivity contribution in [2.24, 2.45) is 5.92 Å². The highest BCUT2D eigenvalue weighted by Gasteiger charge is 2.26. The molecule has 1 aliphatic heterocycles. The molecule has 2 atom stereocenters. The van der Waals surface area contributed by atoms with Crippen LogP contribution in [0.25, 0.3) is 0 Å². The standard InChI is InChI=1S/C13H24N4O/c1-3-6-14-12(11-5-7-18-9-11)8-13-15-10-16-17(13)4-2/h10-12,14H,3-9H2,1-2H3. The largest absolute Gasteiger partial charge is 0.381 e. The predicted octanol–water partition coefficient (Wildman–Crippen LogP) is 1.25. The summed E-state index contributed by atoms with van der Waals surface area (Å²) in [6, 6.07) is 0.460. The molecule has 18 heavy (non-hydrogen) atoms. The Balaban J connectivity index is 1.99. The number of ether oxygens (including phenoxy) is 1. The molecule has 5 nitrogen and oxygen atoms in total. The SMILES string of the molecule is CCCNC(Cc1ncnn1CC)C1CCOC1. The Kier molecular flexibility index (Phi) is 5.13. The summed E-state index contributed by atoms with van der Waals surface area (Å²) in [6.45, 7) is 8.02. The van der Waals surface area contributed by atoms with Gasteiger partial charge in [0.05, 0.1) is 6.61 Å². The molecule has 0 aromatic carbocycles. The van der Waals surface area contributed by atoms with Crippen molar-refractivity contribution in [2.45, 2.75) is 45.7 Å². The van der Waals surface area contributed by atoms with E-state index in [1.54, 1.807) is 6.33 Å². The number of aryl methyl sites for hydroxylation is 1. The molecule has 5 heteroatoms. The lowest BCUT2D eigenvalue weighted by Gasteiger charge is -2.23. The monoisotopic (exact) mass is 252 g/mol. The van der Waals surface area contributed by atoms with Crippen LogP contribution in [0.2, 0.25) is 0 Å². The van der Waals surface area contributed by atoms with Crippen molar-refractivity contribution in [1.29, 1.82) is 0 Å². The number of nitrogens with zero attached hydrogens (tertiary/aromatic N) is 3. The maximum atomic E-state index is 5.51. The zero-order valence-electron chi connectivity index (χ0n) is 11.4. The number of nitrogens with one attached hydrogen (secondary N) is 1. The van der Waals surface area contributed by atoms with Crippen LogP contribution in [0, 0.1) is 5.92 Å². The summed E-state index contributed by atoms with van der Waals surface area (Å²) in [6.07, 6.45) is 4.91. The summed E-state index contributed by atoms with van der Waals surface area (Å²) in [7, 11) is 0. The van der Waals surface area contributed by atoms with Crippen LogP contribution in [0.1, 0.15) is 32.5 Å². The topological polar surface area (TPSA) is 52.0 Å². The molecule has 1 fully saturated rings. The van der Waals surface area contributed by atoms with Crippen LogP contribution in [-0.4, -0.2) is 40.6 Å². The lowest BCUT2D eigenvalue weighted by atomic mass is 9.95. The number of rotatable bonds is 7. The Morgan fingerprint density at radius 1 is 1.56 bits per heavy atom. The maximum Gasteiger partial charge on any atom is 0.138 e. The first kappa shape index (κ1) is 13.5. The highest BCUT2D eigenvalue weighted by atomic mass is 16.5. The van der Waals surface area contributed by atoms with Gasteiger partial charge >= 0.3 is 0 Å². The second kappa shape index (κ2) is 6.85. The van der Waals surface area contributed by atoms with E-state index in [1.165, 1.54) is 0 Å². The van der Waals surface area contributed by atoms with Crippen molar-refractivity contribution in [3.05, 3.63) is 12.2 Å². The third-order valence-corrected chi connectivity index (χ3v) is 3.59. The molecule has 0 bridgehead atoms. The van der Waals surface area contributed by atoms with Gasteiger partial charge < -0.3 is 10.1 Å². The normalized spacial score (nSPS) is 21.3. The van der Waals surface area contributed by atoms with E-state index in [4.69, 9.17) is 4.74 Å². The summed E-state index contributed by atoms with van der Waals surface area (Å²) in [5.41, 5.74) is 0. The van der Waals surface area contributed by atoms with E-state index in [9.17, 15) is 0 Å². The number of aromatic nitrogens is 3. The van der Waals surface area contributed by atoms with Gasteiger partial charge in [0.15, 0.2) is 0 Å². The van der Waals surface area contributed by atoms with Gasteiger partial charge in [0, 0.05) is 31.5 Å². The van der Waals surface area contributed by atoms with E-state index in [1.807, 2.05) is 4.68 Å². The van der Waals surface area contributed by atoms with Gasteiger partial charge in [-0.05, 0) is 26.3 Å². The fourth-order valence-corrected chi connectivity index (χ4v) is 2.51. The average Bonchev–Trinajstić information content (AvgIpc) is 3.04. The van der Waals surface area contributed by atoms with Gasteiger partial charge in [-0.25, -0.2) is 4.98 Å². The van der Waals surface area contributed by atoms with Crippen molar-refractivity contribution in [3.8, 4) is 0 Å². The van der Waals surface area contributed by atoms with E-state index in [0.29, 0.717) is 12.0 Å². The fourth-order valence-electron chi connectivity index (χ4n) is 2.51. The fraction of sp³-hybridized carbons (Fsp3) is 0.846. The minimum atomic E-state index is 0.460. The highest BCUT2D eigenvalue weighted by molar-refractivity contribution is 4.93. The molecule has 0 amide bonds. The molecule has 1 saturated heterocycles. The summed E-state index contributed by atoms with van der Waals surface area (Å²) >= 11 is 0. The van der Waals surface area contributed by atoms with Crippen LogP contribution in [0.3, 0.4) is 0 Å². The molecule has 0 spiro atoms. The van der Waals surface area contributed by atoms with Crippen LogP contribution in [-0.2, 0) is 17.7 Å². The van der Waals surface area contributed by atoms with Crippen LogP contribution >= 0.6 is 0 Å². The Bertz CT molecular complexity index is 347. The Morgan fingerprint density at radius 3 is 3.11 bits per heavy atom. The summed E-state index contributed by atoms with van der Waals surface area (Å²) in [4.78, 5) is 4.38. The van der Waals surface area contributed by atoms with Crippen molar-refractivity contribution >= 4 is 0 Å². The molecule has 1 aromatic rings. The van der Waals surface area contributed by atoms with E-state index in [2.05, 4.69) is 29.2 Å². The average molecular weight is 252 g/mol. The Labute approximate surface area is 109 Å². The van der Waals surface area contributed by atoms with Crippen molar-refractivity contribution < 1.29 is 4.74 Å². The van der Waals surface area contributed by atoms with Gasteiger partial charge in [-0.3, -0.25) is 4.68 Å². The summed E-state index contributed by atoms with van der Waals surface area (Å²) in [5, 5.41) is 7.88. The first-order chi connectivity index (χ1) is 8.85. The summed E-state index contributed by atoms with van der Waals surface area (Å²) < 4.78 is 7.49. The number of hydrogen-bond acceptors (Lipinski definition) is 4. The van der Waals surface area contributed by atoms with E-state index < -0.39 is 0 Å². The van der Waals surface area contributed by atoms with E-state index in [0.717, 1.165) is 51.4 Å². The molecule has 2 unspecified atom stereocenters. The molecule has 1 aromatic heterocycles. The molecule has 1 N–H and O–H groups in total. The molecule has 1 aliphatic rings. The zero-order valence-corrected chi connectivity index (χ0v) is 11.4. The van der Waals surface area contributed by atoms with E-state index >= 15 is 0 Å². The van der Waals surface area contributed by atoms with E-state index in [-0.39, 0.29) is 0 Å². The Morgan fingerprint density at radius 2 is 2.44 bits per heavy atom. The van der Waals surface area contributed by atoms with Crippen LogP contribution in [0.5, 0.6) is 0 Å². The van der Waals surface area contributed by atoms with Crippen molar-refractivity contribution in [2.75, 3.05) is 19.8 Å².